The van der Waals surface area contributed by atoms with Gasteiger partial charge in [0.1, 0.15) is 5.82 Å². The van der Waals surface area contributed by atoms with Crippen molar-refractivity contribution in [3.8, 4) is 0 Å². The first-order valence-electron chi connectivity index (χ1n) is 6.86. The third kappa shape index (κ3) is 4.17. The summed E-state index contributed by atoms with van der Waals surface area (Å²) in [5.74, 6) is 0.519. The fourth-order valence-electron chi connectivity index (χ4n) is 2.79. The lowest BCUT2D eigenvalue weighted by molar-refractivity contribution is 0.212. The molecule has 0 unspecified atom stereocenters. The average Bonchev–Trinajstić information content (AvgIpc) is 2.42. The normalized spacial score (nSPS) is 18.5. The van der Waals surface area contributed by atoms with E-state index in [2.05, 4.69) is 21.2 Å². The van der Waals surface area contributed by atoms with Crippen molar-refractivity contribution in [3.05, 3.63) is 34.1 Å². The third-order valence-corrected chi connectivity index (χ3v) is 5.33. The van der Waals surface area contributed by atoms with E-state index in [1.807, 2.05) is 6.07 Å². The van der Waals surface area contributed by atoms with Crippen molar-refractivity contribution < 1.29 is 4.39 Å². The van der Waals surface area contributed by atoms with Crippen molar-refractivity contribution >= 4 is 27.5 Å². The van der Waals surface area contributed by atoms with Crippen molar-refractivity contribution in [1.82, 2.24) is 5.32 Å². The largest absolute Gasteiger partial charge is 0.312 e. The smallest absolute Gasteiger partial charge is 0.124 e. The molecule has 1 aromatic carbocycles. The third-order valence-electron chi connectivity index (χ3n) is 4.03. The van der Waals surface area contributed by atoms with Crippen LogP contribution < -0.4 is 5.32 Å². The van der Waals surface area contributed by atoms with Gasteiger partial charge < -0.3 is 5.32 Å². The fourth-order valence-corrected chi connectivity index (χ4v) is 3.64. The second kappa shape index (κ2) is 7.05. The van der Waals surface area contributed by atoms with Crippen LogP contribution in [0.2, 0.25) is 0 Å². The van der Waals surface area contributed by atoms with Gasteiger partial charge in [-0.25, -0.2) is 4.39 Å². The lowest BCUT2D eigenvalue weighted by Gasteiger charge is -2.35. The Balaban J connectivity index is 1.88. The summed E-state index contributed by atoms with van der Waals surface area (Å²) in [6.45, 7) is 1.69. The lowest BCUT2D eigenvalue weighted by Crippen LogP contribution is -2.37. The van der Waals surface area contributed by atoms with Crippen molar-refractivity contribution in [1.29, 1.82) is 0 Å². The Kier molecular flexibility index (Phi) is 5.67. The minimum absolute atomic E-state index is 0.208. The quantitative estimate of drug-likeness (QED) is 0.749. The lowest BCUT2D eigenvalue weighted by atomic mass is 9.75. The highest BCUT2D eigenvalue weighted by Gasteiger charge is 2.30. The second-order valence-electron chi connectivity index (χ2n) is 5.53. The number of alkyl halides is 1. The number of rotatable bonds is 5. The number of benzene rings is 1. The molecule has 0 amide bonds. The van der Waals surface area contributed by atoms with Gasteiger partial charge in [0, 0.05) is 23.4 Å². The predicted molar refractivity (Wildman–Crippen MR) is 82.0 cm³/mol. The molecule has 1 aliphatic carbocycles. The molecule has 2 rings (SSSR count). The molecule has 0 radical (unpaired) electrons. The summed E-state index contributed by atoms with van der Waals surface area (Å²) in [6.07, 6.45) is 6.34. The fraction of sp³-hybridized carbons (Fsp3) is 0.600. The molecule has 1 aromatic rings. The molecule has 0 aromatic heterocycles. The highest BCUT2D eigenvalue weighted by atomic mass is 79.9. The van der Waals surface area contributed by atoms with Crippen LogP contribution in [0.1, 0.15) is 37.7 Å². The molecule has 106 valence electrons. The molecule has 4 heteroatoms. The van der Waals surface area contributed by atoms with Crippen molar-refractivity contribution in [2.45, 2.75) is 38.6 Å². The van der Waals surface area contributed by atoms with Gasteiger partial charge in [-0.1, -0.05) is 41.3 Å². The minimum Gasteiger partial charge on any atom is -0.312 e. The maximum absolute atomic E-state index is 13.0. The number of hydrogen-bond donors (Lipinski definition) is 1. The number of hydrogen-bond acceptors (Lipinski definition) is 1. The van der Waals surface area contributed by atoms with E-state index in [-0.39, 0.29) is 11.2 Å². The van der Waals surface area contributed by atoms with E-state index >= 15 is 0 Å². The van der Waals surface area contributed by atoms with Crippen LogP contribution in [0.3, 0.4) is 0 Å². The molecule has 19 heavy (non-hydrogen) atoms. The van der Waals surface area contributed by atoms with E-state index in [0.29, 0.717) is 0 Å². The van der Waals surface area contributed by atoms with Crippen LogP contribution in [0.4, 0.5) is 4.39 Å². The Bertz CT molecular complexity index is 419. The van der Waals surface area contributed by atoms with Gasteiger partial charge in [0.15, 0.2) is 0 Å². The molecule has 0 saturated heterocycles. The van der Waals surface area contributed by atoms with E-state index in [1.165, 1.54) is 44.2 Å². The monoisotopic (exact) mass is 347 g/mol. The maximum Gasteiger partial charge on any atom is 0.124 e. The van der Waals surface area contributed by atoms with Gasteiger partial charge in [-0.3, -0.25) is 0 Å². The van der Waals surface area contributed by atoms with Crippen LogP contribution in [0.25, 0.3) is 0 Å². The summed E-state index contributed by atoms with van der Waals surface area (Å²) in [7, 11) is 0. The van der Waals surface area contributed by atoms with Crippen LogP contribution in [-0.4, -0.2) is 12.4 Å². The molecule has 0 spiro atoms. The Morgan fingerprint density at radius 2 is 2.00 bits per heavy atom. The van der Waals surface area contributed by atoms with Gasteiger partial charge in [0.2, 0.25) is 0 Å². The average molecular weight is 349 g/mol. The SMILES string of the molecule is Fc1ccc(CNCC2(CCl)CCCCC2)c(Br)c1. The zero-order valence-corrected chi connectivity index (χ0v) is 13.4. The van der Waals surface area contributed by atoms with Crippen molar-refractivity contribution in [2.24, 2.45) is 5.41 Å². The van der Waals surface area contributed by atoms with E-state index in [0.717, 1.165) is 29.0 Å². The van der Waals surface area contributed by atoms with Gasteiger partial charge >= 0.3 is 0 Å². The van der Waals surface area contributed by atoms with Crippen LogP contribution in [0, 0.1) is 11.2 Å². The first-order chi connectivity index (χ1) is 9.15. The van der Waals surface area contributed by atoms with Crippen LogP contribution in [0.15, 0.2) is 22.7 Å². The predicted octanol–water partition coefficient (Wildman–Crippen LogP) is 4.87. The molecule has 0 bridgehead atoms. The first-order valence-corrected chi connectivity index (χ1v) is 8.19. The zero-order valence-electron chi connectivity index (χ0n) is 11.0. The van der Waals surface area contributed by atoms with Gasteiger partial charge in [-0.2, -0.15) is 0 Å². The maximum atomic E-state index is 13.0. The molecular formula is C15H20BrClFN. The van der Waals surface area contributed by atoms with Crippen molar-refractivity contribution in [2.75, 3.05) is 12.4 Å². The summed E-state index contributed by atoms with van der Waals surface area (Å²) in [4.78, 5) is 0. The van der Waals surface area contributed by atoms with Gasteiger partial charge in [0.25, 0.3) is 0 Å². The number of halogens is 3. The summed E-state index contributed by atoms with van der Waals surface area (Å²) >= 11 is 9.57. The highest BCUT2D eigenvalue weighted by molar-refractivity contribution is 9.10. The van der Waals surface area contributed by atoms with Gasteiger partial charge in [-0.05, 0) is 36.0 Å². The molecule has 0 aliphatic heterocycles. The van der Waals surface area contributed by atoms with E-state index in [9.17, 15) is 4.39 Å². The van der Waals surface area contributed by atoms with Crippen LogP contribution in [0.5, 0.6) is 0 Å². The Morgan fingerprint density at radius 1 is 1.26 bits per heavy atom. The van der Waals surface area contributed by atoms with Crippen LogP contribution in [-0.2, 0) is 6.54 Å². The summed E-state index contributed by atoms with van der Waals surface area (Å²) in [6, 6.07) is 4.83. The Morgan fingerprint density at radius 3 is 2.63 bits per heavy atom. The standard InChI is InChI=1S/C15H20BrClFN/c16-14-8-13(18)5-4-12(14)9-19-11-15(10-17)6-2-1-3-7-15/h4-5,8,19H,1-3,6-7,9-11H2. The van der Waals surface area contributed by atoms with Gasteiger partial charge in [-0.15, -0.1) is 11.6 Å². The molecule has 1 fully saturated rings. The molecule has 1 aliphatic rings. The van der Waals surface area contributed by atoms with Crippen molar-refractivity contribution in [3.63, 3.8) is 0 Å². The highest BCUT2D eigenvalue weighted by Crippen LogP contribution is 2.36. The second-order valence-corrected chi connectivity index (χ2v) is 6.66. The summed E-state index contributed by atoms with van der Waals surface area (Å²) < 4.78 is 13.8. The summed E-state index contributed by atoms with van der Waals surface area (Å²) in [5, 5.41) is 3.49. The molecule has 1 nitrogen and oxygen atoms in total. The minimum atomic E-state index is -0.208. The molecule has 0 atom stereocenters. The van der Waals surface area contributed by atoms with E-state index in [1.54, 1.807) is 0 Å². The Hall–Kier alpha value is -0.120. The first kappa shape index (κ1) is 15.3. The van der Waals surface area contributed by atoms with Gasteiger partial charge in [0.05, 0.1) is 0 Å². The Labute approximate surface area is 128 Å². The molecule has 1 saturated carbocycles. The topological polar surface area (TPSA) is 12.0 Å². The molecular weight excluding hydrogens is 329 g/mol. The number of nitrogens with one attached hydrogen (secondary N) is 1. The van der Waals surface area contributed by atoms with E-state index < -0.39 is 0 Å². The van der Waals surface area contributed by atoms with E-state index in [4.69, 9.17) is 11.6 Å². The molecule has 1 N–H and O–H groups in total. The summed E-state index contributed by atoms with van der Waals surface area (Å²) in [5.41, 5.74) is 1.34. The van der Waals surface area contributed by atoms with Crippen LogP contribution >= 0.6 is 27.5 Å². The molecule has 0 heterocycles. The zero-order chi connectivity index (χ0) is 13.7.